The molecule has 1 aromatic heterocycles. The molecule has 55 heavy (non-hydrogen) atoms. The van der Waals surface area contributed by atoms with Crippen molar-refractivity contribution in [1.29, 1.82) is 0 Å². The number of hydrogen-bond acceptors (Lipinski definition) is 9. The van der Waals surface area contributed by atoms with Crippen LogP contribution in [0.15, 0.2) is 35.7 Å². The number of carbonyl (C=O) groups excluding carboxylic acids is 4. The molecule has 2 aromatic rings. The van der Waals surface area contributed by atoms with Crippen molar-refractivity contribution in [2.45, 2.75) is 142 Å². The molecule has 0 spiro atoms. The van der Waals surface area contributed by atoms with E-state index in [2.05, 4.69) is 15.5 Å². The van der Waals surface area contributed by atoms with E-state index >= 15 is 0 Å². The highest BCUT2D eigenvalue weighted by Crippen LogP contribution is 2.39. The molecule has 3 rings (SSSR count). The average Bonchev–Trinajstić information content (AvgIpc) is 3.66. The van der Waals surface area contributed by atoms with Crippen LogP contribution in [0.4, 0.5) is 0 Å². The summed E-state index contributed by atoms with van der Waals surface area (Å²) in [5.41, 5.74) is 0.360. The van der Waals surface area contributed by atoms with Crippen molar-refractivity contribution in [3.05, 3.63) is 52.0 Å². The lowest BCUT2D eigenvalue weighted by atomic mass is 9.77. The zero-order valence-corrected chi connectivity index (χ0v) is 35.4. The Morgan fingerprint density at radius 3 is 2.29 bits per heavy atom. The topological polar surface area (TPSA) is 158 Å². The second kappa shape index (κ2) is 20.9. The van der Waals surface area contributed by atoms with Gasteiger partial charge in [0, 0.05) is 37.9 Å². The zero-order valence-electron chi connectivity index (χ0n) is 34.6. The van der Waals surface area contributed by atoms with Gasteiger partial charge in [-0.05, 0) is 70.0 Å². The summed E-state index contributed by atoms with van der Waals surface area (Å²) in [7, 11) is 3.71. The predicted molar refractivity (Wildman–Crippen MR) is 216 cm³/mol. The molecule has 0 saturated carbocycles. The molecule has 0 aliphatic carbocycles. The van der Waals surface area contributed by atoms with Crippen molar-refractivity contribution >= 4 is 41.0 Å². The third-order valence-corrected chi connectivity index (χ3v) is 12.7. The van der Waals surface area contributed by atoms with Gasteiger partial charge in [-0.3, -0.25) is 28.9 Å². The number of hydrogen-bond donors (Lipinski definition) is 3. The fourth-order valence-electron chi connectivity index (χ4n) is 7.49. The molecule has 1 fully saturated rings. The van der Waals surface area contributed by atoms with Crippen LogP contribution in [0.3, 0.4) is 0 Å². The van der Waals surface area contributed by atoms with Gasteiger partial charge in [0.1, 0.15) is 22.8 Å². The van der Waals surface area contributed by atoms with E-state index in [1.807, 2.05) is 78.9 Å². The molecule has 12 nitrogen and oxygen atoms in total. The molecule has 3 amide bonds. The van der Waals surface area contributed by atoms with E-state index in [1.54, 1.807) is 24.3 Å². The molecule has 306 valence electrons. The van der Waals surface area contributed by atoms with Crippen LogP contribution in [-0.4, -0.2) is 100 Å². The van der Waals surface area contributed by atoms with Gasteiger partial charge in [-0.25, -0.2) is 4.98 Å². The lowest BCUT2D eigenvalue weighted by molar-refractivity contribution is -0.153. The third-order valence-electron chi connectivity index (χ3n) is 11.6. The number of likely N-dealkylation sites (tertiary alicyclic amines) is 1. The number of benzene rings is 1. The maximum atomic E-state index is 14.4. The Kier molecular flexibility index (Phi) is 17.3. The highest BCUT2D eigenvalue weighted by Gasteiger charge is 2.44. The third kappa shape index (κ3) is 12.3. The van der Waals surface area contributed by atoms with Crippen molar-refractivity contribution < 1.29 is 33.8 Å². The first-order chi connectivity index (χ1) is 25.9. The second-order valence-corrected chi connectivity index (χ2v) is 17.0. The Hall–Kier alpha value is -3.84. The number of likely N-dealkylation sites (N-methyl/N-ethyl adjacent to an activating group) is 2. The minimum absolute atomic E-state index is 0.0294. The number of rotatable bonds is 20. The van der Waals surface area contributed by atoms with Crippen LogP contribution in [0.2, 0.25) is 0 Å². The van der Waals surface area contributed by atoms with Gasteiger partial charge in [0.25, 0.3) is 5.91 Å². The molecule has 1 aliphatic heterocycles. The molecule has 1 aromatic carbocycles. The Bertz CT molecular complexity index is 1580. The fraction of sp³-hybridized carbons (Fsp3) is 0.667. The Balaban J connectivity index is 1.88. The number of carboxylic acids is 1. The van der Waals surface area contributed by atoms with Gasteiger partial charge in [0.05, 0.1) is 17.4 Å². The first-order valence-electron chi connectivity index (χ1n) is 19.9. The van der Waals surface area contributed by atoms with Crippen LogP contribution in [0.1, 0.15) is 121 Å². The molecular weight excluding hydrogens is 719 g/mol. The van der Waals surface area contributed by atoms with Crippen LogP contribution in [-0.2, 0) is 35.8 Å². The molecular formula is C42H65N5O7S. The quantitative estimate of drug-likeness (QED) is 0.135. The highest BCUT2D eigenvalue weighted by molar-refractivity contribution is 7.10. The monoisotopic (exact) mass is 783 g/mol. The first kappa shape index (κ1) is 45.5. The Labute approximate surface area is 332 Å². The van der Waals surface area contributed by atoms with Crippen molar-refractivity contribution in [3.8, 4) is 0 Å². The van der Waals surface area contributed by atoms with E-state index in [9.17, 15) is 29.1 Å². The molecule has 8 atom stereocenters. The number of aromatic nitrogens is 1. The lowest BCUT2D eigenvalue weighted by Crippen LogP contribution is -2.58. The molecule has 1 aliphatic rings. The zero-order chi connectivity index (χ0) is 41.0. The van der Waals surface area contributed by atoms with Crippen LogP contribution in [0.25, 0.3) is 0 Å². The first-order valence-corrected chi connectivity index (χ1v) is 20.8. The predicted octanol–water partition coefficient (Wildman–Crippen LogP) is 6.08. The number of carboxylic acid groups (broad SMARTS) is 1. The number of nitrogens with one attached hydrogen (secondary N) is 2. The number of thiazole rings is 1. The SMILES string of the molecule is CCC(C)[C@H](NC(=O)[C@H]1CCCCN1C)C(=O)N(C)[C@H](C[C@H](OC(C)=O)C(C)(CC)c1nc(C(=O)N[C@@H](Cc2ccccc2)C[C@H](C)C(=O)O)cs1)C(C)C. The van der Waals surface area contributed by atoms with E-state index in [1.165, 1.54) is 18.3 Å². The number of piperidine rings is 1. The molecule has 0 radical (unpaired) electrons. The molecule has 13 heteroatoms. The lowest BCUT2D eigenvalue weighted by Gasteiger charge is -2.41. The minimum Gasteiger partial charge on any atom is -0.481 e. The van der Waals surface area contributed by atoms with Crippen LogP contribution in [0, 0.1) is 17.8 Å². The molecule has 2 unspecified atom stereocenters. The molecule has 0 bridgehead atoms. The minimum atomic E-state index is -0.932. The van der Waals surface area contributed by atoms with E-state index in [0.717, 1.165) is 31.4 Å². The van der Waals surface area contributed by atoms with Crippen molar-refractivity contribution in [2.75, 3.05) is 20.6 Å². The van der Waals surface area contributed by atoms with Crippen LogP contribution >= 0.6 is 11.3 Å². The van der Waals surface area contributed by atoms with E-state index in [-0.39, 0.29) is 47.8 Å². The van der Waals surface area contributed by atoms with Gasteiger partial charge in [-0.15, -0.1) is 11.3 Å². The molecule has 1 saturated heterocycles. The van der Waals surface area contributed by atoms with Crippen LogP contribution in [0.5, 0.6) is 0 Å². The summed E-state index contributed by atoms with van der Waals surface area (Å²) in [5.74, 6) is -2.92. The van der Waals surface area contributed by atoms with E-state index in [0.29, 0.717) is 30.7 Å². The summed E-state index contributed by atoms with van der Waals surface area (Å²) < 4.78 is 6.08. The molecule has 3 N–H and O–H groups in total. The van der Waals surface area contributed by atoms with Gasteiger partial charge >= 0.3 is 11.9 Å². The maximum Gasteiger partial charge on any atom is 0.306 e. The number of carbonyl (C=O) groups is 5. The second-order valence-electron chi connectivity index (χ2n) is 16.1. The summed E-state index contributed by atoms with van der Waals surface area (Å²) >= 11 is 1.31. The normalized spacial score (nSPS) is 19.2. The van der Waals surface area contributed by atoms with Crippen molar-refractivity contribution in [2.24, 2.45) is 17.8 Å². The number of nitrogens with zero attached hydrogens (tertiary/aromatic N) is 3. The van der Waals surface area contributed by atoms with Gasteiger partial charge < -0.3 is 25.4 Å². The largest absolute Gasteiger partial charge is 0.481 e. The van der Waals surface area contributed by atoms with E-state index in [4.69, 9.17) is 9.72 Å². The summed E-state index contributed by atoms with van der Waals surface area (Å²) in [6, 6.07) is 7.82. The van der Waals surface area contributed by atoms with Gasteiger partial charge in [-0.1, -0.05) is 84.7 Å². The number of ether oxygens (including phenoxy) is 1. The van der Waals surface area contributed by atoms with Crippen molar-refractivity contribution in [1.82, 2.24) is 25.4 Å². The highest BCUT2D eigenvalue weighted by atomic mass is 32.1. The average molecular weight is 784 g/mol. The fourth-order valence-corrected chi connectivity index (χ4v) is 8.57. The maximum absolute atomic E-state index is 14.4. The van der Waals surface area contributed by atoms with Gasteiger partial charge in [0.2, 0.25) is 11.8 Å². The smallest absolute Gasteiger partial charge is 0.306 e. The van der Waals surface area contributed by atoms with Crippen molar-refractivity contribution in [3.63, 3.8) is 0 Å². The standard InChI is InChI=1S/C42H65N5O7S/c1-11-27(5)36(45-38(50)33-20-16-17-21-46(33)9)39(51)47(10)34(26(3)4)24-35(54-29(7)48)42(8,12-2)41-44-32(25-55-41)37(49)43-31(22-28(6)40(52)53)23-30-18-14-13-15-19-30/h13-15,18-19,25-28,31,33-36H,11-12,16-17,20-24H2,1-10H3,(H,43,49)(H,45,50)(H,52,53)/t27?,28-,31+,33+,34+,35-,36-,42?/m0/s1. The summed E-state index contributed by atoms with van der Waals surface area (Å²) in [6.07, 6.45) is 4.32. The summed E-state index contributed by atoms with van der Waals surface area (Å²) in [6.45, 7) is 15.8. The Morgan fingerprint density at radius 1 is 1.05 bits per heavy atom. The number of esters is 1. The number of amides is 3. The van der Waals surface area contributed by atoms with Crippen LogP contribution < -0.4 is 10.6 Å². The van der Waals surface area contributed by atoms with E-state index < -0.39 is 47.4 Å². The van der Waals surface area contributed by atoms with Gasteiger partial charge in [0.15, 0.2) is 0 Å². The van der Waals surface area contributed by atoms with Gasteiger partial charge in [-0.2, -0.15) is 0 Å². The summed E-state index contributed by atoms with van der Waals surface area (Å²) in [4.78, 5) is 74.5. The summed E-state index contributed by atoms with van der Waals surface area (Å²) in [5, 5.41) is 18.0. The Morgan fingerprint density at radius 2 is 1.73 bits per heavy atom. The molecule has 2 heterocycles. The number of aliphatic carboxylic acids is 1.